The molecule has 0 spiro atoms. The molecule has 2 aromatic rings. The molecule has 0 radical (unpaired) electrons. The molecule has 98 valence electrons. The maximum atomic E-state index is 5.67. The number of aryl methyl sites for hydroxylation is 1. The van der Waals surface area contributed by atoms with E-state index in [1.54, 1.807) is 0 Å². The maximum absolute atomic E-state index is 5.67. The summed E-state index contributed by atoms with van der Waals surface area (Å²) in [6.45, 7) is 4.29. The van der Waals surface area contributed by atoms with Gasteiger partial charge in [-0.05, 0) is 29.2 Å². The topological polar surface area (TPSA) is 35.2 Å². The van der Waals surface area contributed by atoms with Crippen LogP contribution in [0.4, 0.5) is 0 Å². The minimum Gasteiger partial charge on any atom is -0.379 e. The Morgan fingerprint density at radius 2 is 1.74 bits per heavy atom. The molecule has 2 N–H and O–H groups in total. The first kappa shape index (κ1) is 12.4. The van der Waals surface area contributed by atoms with Gasteiger partial charge in [0.25, 0.3) is 0 Å². The first-order chi connectivity index (χ1) is 9.26. The molecule has 2 heteroatoms. The second-order valence-corrected chi connectivity index (χ2v) is 5.29. The Kier molecular flexibility index (Phi) is 3.13. The van der Waals surface area contributed by atoms with Gasteiger partial charge in [-0.15, -0.1) is 0 Å². The van der Waals surface area contributed by atoms with Gasteiger partial charge in [0, 0.05) is 6.54 Å². The Bertz CT molecular complexity index is 570. The van der Waals surface area contributed by atoms with Crippen molar-refractivity contribution in [2.75, 3.05) is 13.2 Å². The summed E-state index contributed by atoms with van der Waals surface area (Å²) in [6.07, 6.45) is 0. The van der Waals surface area contributed by atoms with Crippen LogP contribution >= 0.6 is 0 Å². The van der Waals surface area contributed by atoms with Gasteiger partial charge in [-0.3, -0.25) is 0 Å². The average molecular weight is 253 g/mol. The molecule has 0 aliphatic carbocycles. The Hall–Kier alpha value is -1.64. The molecule has 1 fully saturated rings. The lowest BCUT2D eigenvalue weighted by Gasteiger charge is -2.43. The van der Waals surface area contributed by atoms with Crippen molar-refractivity contribution < 1.29 is 4.74 Å². The van der Waals surface area contributed by atoms with E-state index >= 15 is 0 Å². The molecule has 1 heterocycles. The maximum Gasteiger partial charge on any atom is 0.0672 e. The largest absolute Gasteiger partial charge is 0.379 e. The lowest BCUT2D eigenvalue weighted by atomic mass is 9.71. The van der Waals surface area contributed by atoms with E-state index in [-0.39, 0.29) is 5.41 Å². The van der Waals surface area contributed by atoms with Crippen LogP contribution < -0.4 is 5.73 Å². The van der Waals surface area contributed by atoms with Crippen molar-refractivity contribution >= 4 is 0 Å². The van der Waals surface area contributed by atoms with Crippen molar-refractivity contribution in [2.24, 2.45) is 5.73 Å². The Morgan fingerprint density at radius 3 is 2.26 bits per heavy atom. The lowest BCUT2D eigenvalue weighted by Crippen LogP contribution is -2.48. The molecule has 0 saturated carbocycles. The number of ether oxygens (including phenoxy) is 1. The van der Waals surface area contributed by atoms with Crippen molar-refractivity contribution in [1.29, 1.82) is 0 Å². The highest BCUT2D eigenvalue weighted by Gasteiger charge is 2.42. The van der Waals surface area contributed by atoms with E-state index in [4.69, 9.17) is 10.5 Å². The summed E-state index contributed by atoms with van der Waals surface area (Å²) in [5, 5.41) is 0. The van der Waals surface area contributed by atoms with Crippen molar-refractivity contribution in [1.82, 2.24) is 0 Å². The summed E-state index contributed by atoms with van der Waals surface area (Å²) in [6, 6.07) is 17.2. The van der Waals surface area contributed by atoms with Crippen LogP contribution in [0.1, 0.15) is 22.3 Å². The highest BCUT2D eigenvalue weighted by Crippen LogP contribution is 2.40. The minimum atomic E-state index is 0.0263. The van der Waals surface area contributed by atoms with Gasteiger partial charge in [0.15, 0.2) is 0 Å². The standard InChI is InChI=1S/C17H19NO/c1-13-4-2-3-5-16(13)17(11-19-12-17)15-8-6-14(10-18)7-9-15/h2-9H,10-12,18H2,1H3. The number of hydrogen-bond donors (Lipinski definition) is 1. The Balaban J connectivity index is 2.05. The third kappa shape index (κ3) is 1.97. The van der Waals surface area contributed by atoms with E-state index in [2.05, 4.69) is 55.5 Å². The van der Waals surface area contributed by atoms with Crippen molar-refractivity contribution in [3.63, 3.8) is 0 Å². The van der Waals surface area contributed by atoms with Gasteiger partial charge in [0.05, 0.1) is 18.6 Å². The van der Waals surface area contributed by atoms with Crippen LogP contribution in [0, 0.1) is 6.92 Å². The third-order valence-electron chi connectivity index (χ3n) is 4.10. The molecular weight excluding hydrogens is 234 g/mol. The number of nitrogens with two attached hydrogens (primary N) is 1. The fraction of sp³-hybridized carbons (Fsp3) is 0.294. The second kappa shape index (κ2) is 4.80. The summed E-state index contributed by atoms with van der Waals surface area (Å²) in [4.78, 5) is 0. The van der Waals surface area contributed by atoms with Gasteiger partial charge < -0.3 is 10.5 Å². The number of hydrogen-bond acceptors (Lipinski definition) is 2. The van der Waals surface area contributed by atoms with E-state index in [1.165, 1.54) is 22.3 Å². The molecule has 1 saturated heterocycles. The average Bonchev–Trinajstić information content (AvgIpc) is 2.40. The van der Waals surface area contributed by atoms with Crippen LogP contribution in [0.5, 0.6) is 0 Å². The highest BCUT2D eigenvalue weighted by atomic mass is 16.5. The van der Waals surface area contributed by atoms with Crippen LogP contribution in [0.15, 0.2) is 48.5 Å². The van der Waals surface area contributed by atoms with E-state index in [9.17, 15) is 0 Å². The summed E-state index contributed by atoms with van der Waals surface area (Å²) < 4.78 is 5.53. The second-order valence-electron chi connectivity index (χ2n) is 5.29. The molecular formula is C17H19NO. The minimum absolute atomic E-state index is 0.0263. The summed E-state index contributed by atoms with van der Waals surface area (Å²) in [7, 11) is 0. The van der Waals surface area contributed by atoms with Gasteiger partial charge in [0.1, 0.15) is 0 Å². The zero-order valence-corrected chi connectivity index (χ0v) is 11.2. The zero-order chi connectivity index (χ0) is 13.3. The molecule has 2 nitrogen and oxygen atoms in total. The van der Waals surface area contributed by atoms with Crippen molar-refractivity contribution in [3.8, 4) is 0 Å². The normalized spacial score (nSPS) is 16.9. The smallest absolute Gasteiger partial charge is 0.0672 e. The van der Waals surface area contributed by atoms with Gasteiger partial charge in [-0.25, -0.2) is 0 Å². The molecule has 0 unspecified atom stereocenters. The molecule has 1 aliphatic heterocycles. The Morgan fingerprint density at radius 1 is 1.05 bits per heavy atom. The van der Waals surface area contributed by atoms with Crippen LogP contribution in [0.25, 0.3) is 0 Å². The molecule has 1 aliphatic rings. The van der Waals surface area contributed by atoms with Crippen molar-refractivity contribution in [2.45, 2.75) is 18.9 Å². The molecule has 0 amide bonds. The van der Waals surface area contributed by atoms with Gasteiger partial charge in [-0.1, -0.05) is 48.5 Å². The quantitative estimate of drug-likeness (QED) is 0.913. The first-order valence-electron chi connectivity index (χ1n) is 6.69. The molecule has 19 heavy (non-hydrogen) atoms. The Labute approximate surface area is 114 Å². The van der Waals surface area contributed by atoms with Crippen LogP contribution in [0.2, 0.25) is 0 Å². The summed E-state index contributed by atoms with van der Waals surface area (Å²) in [5.74, 6) is 0. The van der Waals surface area contributed by atoms with Gasteiger partial charge >= 0.3 is 0 Å². The fourth-order valence-electron chi connectivity index (χ4n) is 2.85. The van der Waals surface area contributed by atoms with Gasteiger partial charge in [0.2, 0.25) is 0 Å². The lowest BCUT2D eigenvalue weighted by molar-refractivity contribution is -0.0382. The number of rotatable bonds is 3. The van der Waals surface area contributed by atoms with Gasteiger partial charge in [-0.2, -0.15) is 0 Å². The molecule has 0 atom stereocenters. The zero-order valence-electron chi connectivity index (χ0n) is 11.2. The molecule has 3 rings (SSSR count). The molecule has 2 aromatic carbocycles. The monoisotopic (exact) mass is 253 g/mol. The first-order valence-corrected chi connectivity index (χ1v) is 6.69. The van der Waals surface area contributed by atoms with E-state index in [1.807, 2.05) is 0 Å². The SMILES string of the molecule is Cc1ccccc1C1(c2ccc(CN)cc2)COC1. The third-order valence-corrected chi connectivity index (χ3v) is 4.10. The van der Waals surface area contributed by atoms with E-state index in [0.717, 1.165) is 13.2 Å². The van der Waals surface area contributed by atoms with Crippen LogP contribution in [-0.4, -0.2) is 13.2 Å². The number of benzene rings is 2. The van der Waals surface area contributed by atoms with E-state index < -0.39 is 0 Å². The predicted octanol–water partition coefficient (Wildman–Crippen LogP) is 2.77. The van der Waals surface area contributed by atoms with Crippen LogP contribution in [0.3, 0.4) is 0 Å². The highest BCUT2D eigenvalue weighted by molar-refractivity contribution is 5.46. The molecule has 0 aromatic heterocycles. The fourth-order valence-corrected chi connectivity index (χ4v) is 2.85. The predicted molar refractivity (Wildman–Crippen MR) is 77.1 cm³/mol. The van der Waals surface area contributed by atoms with Crippen LogP contribution in [-0.2, 0) is 16.7 Å². The molecule has 0 bridgehead atoms. The van der Waals surface area contributed by atoms with Crippen molar-refractivity contribution in [3.05, 3.63) is 70.8 Å². The van der Waals surface area contributed by atoms with E-state index in [0.29, 0.717) is 6.54 Å². The summed E-state index contributed by atoms with van der Waals surface area (Å²) >= 11 is 0. The summed E-state index contributed by atoms with van der Waals surface area (Å²) in [5.41, 5.74) is 10.9.